The molecule has 24 heavy (non-hydrogen) atoms. The zero-order valence-electron chi connectivity index (χ0n) is 14.3. The average molecular weight is 331 g/mol. The fourth-order valence-corrected chi connectivity index (χ4v) is 3.51. The van der Waals surface area contributed by atoms with E-state index in [0.717, 1.165) is 6.42 Å². The second-order valence-electron chi connectivity index (χ2n) is 6.77. The first kappa shape index (κ1) is 16.9. The van der Waals surface area contributed by atoms with Crippen LogP contribution in [0.4, 0.5) is 0 Å². The van der Waals surface area contributed by atoms with Crippen molar-refractivity contribution in [2.75, 3.05) is 40.3 Å². The van der Waals surface area contributed by atoms with Crippen LogP contribution in [-0.4, -0.2) is 73.6 Å². The highest BCUT2D eigenvalue weighted by molar-refractivity contribution is 5.82. The van der Waals surface area contributed by atoms with E-state index in [-0.39, 0.29) is 23.5 Å². The molecule has 2 aliphatic rings. The molecule has 0 aromatic heterocycles. The molecule has 2 fully saturated rings. The molecule has 6 nitrogen and oxygen atoms in total. The van der Waals surface area contributed by atoms with Crippen LogP contribution in [0.1, 0.15) is 12.0 Å². The number of amides is 2. The number of hydrogen-bond donors (Lipinski definition) is 1. The van der Waals surface area contributed by atoms with Crippen molar-refractivity contribution < 1.29 is 14.3 Å². The maximum atomic E-state index is 12.3. The standard InChI is InChI=1S/C18H25N3O3/c1-19-17(23)15-10-24-18(11-20(15)2)12-21(13-18)16(22)9-8-14-6-4-3-5-7-14/h3-7,15H,8-13H2,1-2H3,(H,19,23)/t15-/m0/s1. The van der Waals surface area contributed by atoms with Gasteiger partial charge in [-0.3, -0.25) is 14.5 Å². The normalized spacial score (nSPS) is 22.9. The topological polar surface area (TPSA) is 61.9 Å². The van der Waals surface area contributed by atoms with Gasteiger partial charge in [0.2, 0.25) is 11.8 Å². The van der Waals surface area contributed by atoms with Gasteiger partial charge in [0.15, 0.2) is 0 Å². The van der Waals surface area contributed by atoms with Crippen LogP contribution < -0.4 is 5.32 Å². The van der Waals surface area contributed by atoms with Crippen LogP contribution in [0.5, 0.6) is 0 Å². The third kappa shape index (κ3) is 3.44. The third-order valence-corrected chi connectivity index (χ3v) is 4.95. The lowest BCUT2D eigenvalue weighted by atomic mass is 9.90. The van der Waals surface area contributed by atoms with Crippen LogP contribution >= 0.6 is 0 Å². The number of benzene rings is 1. The SMILES string of the molecule is CNC(=O)[C@@H]1COC2(CN(C(=O)CCc3ccccc3)C2)CN1C. The lowest BCUT2D eigenvalue weighted by Crippen LogP contribution is -2.73. The summed E-state index contributed by atoms with van der Waals surface area (Å²) in [6.45, 7) is 2.28. The van der Waals surface area contributed by atoms with Crippen molar-refractivity contribution in [2.24, 2.45) is 0 Å². The van der Waals surface area contributed by atoms with E-state index in [1.54, 1.807) is 7.05 Å². The number of rotatable bonds is 4. The molecular formula is C18H25N3O3. The van der Waals surface area contributed by atoms with Gasteiger partial charge in [-0.05, 0) is 19.0 Å². The molecule has 0 unspecified atom stereocenters. The Labute approximate surface area is 142 Å². The molecule has 2 amide bonds. The minimum Gasteiger partial charge on any atom is -0.368 e. The summed E-state index contributed by atoms with van der Waals surface area (Å²) < 4.78 is 5.95. The van der Waals surface area contributed by atoms with Crippen LogP contribution in [0.3, 0.4) is 0 Å². The van der Waals surface area contributed by atoms with Gasteiger partial charge in [0.1, 0.15) is 11.6 Å². The summed E-state index contributed by atoms with van der Waals surface area (Å²) >= 11 is 0. The number of nitrogens with zero attached hydrogens (tertiary/aromatic N) is 2. The molecule has 1 aromatic rings. The Hall–Kier alpha value is -1.92. The second-order valence-corrected chi connectivity index (χ2v) is 6.77. The maximum Gasteiger partial charge on any atom is 0.239 e. The maximum absolute atomic E-state index is 12.3. The summed E-state index contributed by atoms with van der Waals surface area (Å²) in [7, 11) is 3.57. The Morgan fingerprint density at radius 2 is 1.96 bits per heavy atom. The molecule has 130 valence electrons. The van der Waals surface area contributed by atoms with Crippen molar-refractivity contribution in [3.8, 4) is 0 Å². The number of morpholine rings is 1. The van der Waals surface area contributed by atoms with E-state index in [1.165, 1.54) is 5.56 Å². The Kier molecular flexibility index (Phi) is 4.87. The van der Waals surface area contributed by atoms with Crippen molar-refractivity contribution in [1.29, 1.82) is 0 Å². The molecule has 1 aromatic carbocycles. The third-order valence-electron chi connectivity index (χ3n) is 4.95. The van der Waals surface area contributed by atoms with Gasteiger partial charge in [-0.2, -0.15) is 0 Å². The zero-order chi connectivity index (χ0) is 17.2. The van der Waals surface area contributed by atoms with Gasteiger partial charge in [-0.25, -0.2) is 0 Å². The number of nitrogens with one attached hydrogen (secondary N) is 1. The molecule has 2 saturated heterocycles. The second kappa shape index (κ2) is 6.91. The number of ether oxygens (including phenoxy) is 1. The van der Waals surface area contributed by atoms with Crippen molar-refractivity contribution in [1.82, 2.24) is 15.1 Å². The highest BCUT2D eigenvalue weighted by atomic mass is 16.5. The molecule has 0 radical (unpaired) electrons. The van der Waals surface area contributed by atoms with Crippen molar-refractivity contribution in [2.45, 2.75) is 24.5 Å². The lowest BCUT2D eigenvalue weighted by molar-refractivity contribution is -0.201. The van der Waals surface area contributed by atoms with Gasteiger partial charge in [-0.1, -0.05) is 30.3 Å². The summed E-state index contributed by atoms with van der Waals surface area (Å²) in [6.07, 6.45) is 1.29. The number of hydrogen-bond acceptors (Lipinski definition) is 4. The molecule has 0 aliphatic carbocycles. The van der Waals surface area contributed by atoms with Gasteiger partial charge >= 0.3 is 0 Å². The first-order chi connectivity index (χ1) is 11.5. The Balaban J connectivity index is 1.47. The van der Waals surface area contributed by atoms with Crippen LogP contribution in [0.15, 0.2) is 30.3 Å². The molecule has 1 spiro atoms. The van der Waals surface area contributed by atoms with Gasteiger partial charge in [0.05, 0.1) is 19.7 Å². The first-order valence-corrected chi connectivity index (χ1v) is 8.40. The van der Waals surface area contributed by atoms with Crippen LogP contribution in [0.2, 0.25) is 0 Å². The van der Waals surface area contributed by atoms with Crippen molar-refractivity contribution >= 4 is 11.8 Å². The van der Waals surface area contributed by atoms with E-state index in [1.807, 2.05) is 47.2 Å². The van der Waals surface area contributed by atoms with Gasteiger partial charge < -0.3 is 15.0 Å². The average Bonchev–Trinajstić information content (AvgIpc) is 2.57. The molecule has 0 saturated carbocycles. The molecule has 0 bridgehead atoms. The highest BCUT2D eigenvalue weighted by Gasteiger charge is 2.50. The Bertz CT molecular complexity index is 599. The lowest BCUT2D eigenvalue weighted by Gasteiger charge is -2.54. The number of aryl methyl sites for hydroxylation is 1. The smallest absolute Gasteiger partial charge is 0.239 e. The fraction of sp³-hybridized carbons (Fsp3) is 0.556. The molecule has 6 heteroatoms. The van der Waals surface area contributed by atoms with Gasteiger partial charge in [-0.15, -0.1) is 0 Å². The van der Waals surface area contributed by atoms with Crippen LogP contribution in [0, 0.1) is 0 Å². The van der Waals surface area contributed by atoms with E-state index in [0.29, 0.717) is 32.7 Å². The van der Waals surface area contributed by atoms with Gasteiger partial charge in [0, 0.05) is 20.0 Å². The number of likely N-dealkylation sites (N-methyl/N-ethyl adjacent to an activating group) is 2. The zero-order valence-corrected chi connectivity index (χ0v) is 14.3. The number of likely N-dealkylation sites (tertiary alicyclic amines) is 1. The molecular weight excluding hydrogens is 306 g/mol. The minimum atomic E-state index is -0.304. The predicted octanol–water partition coefficient (Wildman–Crippen LogP) is 0.277. The first-order valence-electron chi connectivity index (χ1n) is 8.40. The Morgan fingerprint density at radius 3 is 2.58 bits per heavy atom. The summed E-state index contributed by atoms with van der Waals surface area (Å²) in [5.74, 6) is 0.145. The van der Waals surface area contributed by atoms with Crippen LogP contribution in [0.25, 0.3) is 0 Å². The Morgan fingerprint density at radius 1 is 1.25 bits per heavy atom. The minimum absolute atomic E-state index is 0.0255. The summed E-state index contributed by atoms with van der Waals surface area (Å²) in [6, 6.07) is 9.81. The molecule has 3 rings (SSSR count). The molecule has 1 atom stereocenters. The summed E-state index contributed by atoms with van der Waals surface area (Å²) in [5.41, 5.74) is 0.880. The van der Waals surface area contributed by atoms with E-state index >= 15 is 0 Å². The molecule has 1 N–H and O–H groups in total. The van der Waals surface area contributed by atoms with E-state index in [2.05, 4.69) is 5.32 Å². The van der Waals surface area contributed by atoms with E-state index in [4.69, 9.17) is 4.74 Å². The molecule has 2 aliphatic heterocycles. The largest absolute Gasteiger partial charge is 0.368 e. The monoisotopic (exact) mass is 331 g/mol. The summed E-state index contributed by atoms with van der Waals surface area (Å²) in [4.78, 5) is 28.0. The van der Waals surface area contributed by atoms with Gasteiger partial charge in [0.25, 0.3) is 0 Å². The predicted molar refractivity (Wildman–Crippen MR) is 90.5 cm³/mol. The highest BCUT2D eigenvalue weighted by Crippen LogP contribution is 2.31. The van der Waals surface area contributed by atoms with Crippen molar-refractivity contribution in [3.63, 3.8) is 0 Å². The number of carbonyl (C=O) groups excluding carboxylic acids is 2. The summed E-state index contributed by atoms with van der Waals surface area (Å²) in [5, 5.41) is 2.66. The van der Waals surface area contributed by atoms with E-state index < -0.39 is 0 Å². The number of carbonyl (C=O) groups is 2. The van der Waals surface area contributed by atoms with Crippen LogP contribution in [-0.2, 0) is 20.7 Å². The molecule has 2 heterocycles. The fourth-order valence-electron chi connectivity index (χ4n) is 3.51. The van der Waals surface area contributed by atoms with E-state index in [9.17, 15) is 9.59 Å². The van der Waals surface area contributed by atoms with Crippen molar-refractivity contribution in [3.05, 3.63) is 35.9 Å². The quantitative estimate of drug-likeness (QED) is 0.861.